The highest BCUT2D eigenvalue weighted by molar-refractivity contribution is 6.29. The smallest absolute Gasteiger partial charge is 0.301 e. The van der Waals surface area contributed by atoms with Gasteiger partial charge in [-0.3, -0.25) is 10.1 Å². The van der Waals surface area contributed by atoms with Crippen molar-refractivity contribution in [3.8, 4) is 0 Å². The molecule has 0 bridgehead atoms. The summed E-state index contributed by atoms with van der Waals surface area (Å²) in [6.07, 6.45) is 1.46. The van der Waals surface area contributed by atoms with Crippen LogP contribution in [0.2, 0.25) is 5.15 Å². The van der Waals surface area contributed by atoms with Gasteiger partial charge in [-0.1, -0.05) is 11.6 Å². The van der Waals surface area contributed by atoms with E-state index in [1.165, 1.54) is 12.3 Å². The lowest BCUT2D eigenvalue weighted by Crippen LogP contribution is -2.12. The summed E-state index contributed by atoms with van der Waals surface area (Å²) in [5.74, 6) is -0.334. The molecule has 6 heteroatoms. The van der Waals surface area contributed by atoms with Crippen LogP contribution in [0.1, 0.15) is 21.7 Å². The molecule has 0 unspecified atom stereocenters. The Morgan fingerprint density at radius 1 is 1.29 bits per heavy atom. The van der Waals surface area contributed by atoms with Crippen molar-refractivity contribution in [2.45, 2.75) is 13.8 Å². The van der Waals surface area contributed by atoms with E-state index in [-0.39, 0.29) is 17.1 Å². The highest BCUT2D eigenvalue weighted by Crippen LogP contribution is 2.13. The van der Waals surface area contributed by atoms with Gasteiger partial charge in [0.25, 0.3) is 5.91 Å². The molecule has 0 atom stereocenters. The molecule has 0 saturated heterocycles. The number of rotatable bonds is 2. The lowest BCUT2D eigenvalue weighted by atomic mass is 10.2. The molecule has 0 fully saturated rings. The van der Waals surface area contributed by atoms with Crippen LogP contribution in [-0.2, 0) is 0 Å². The first kappa shape index (κ1) is 11.6. The van der Waals surface area contributed by atoms with E-state index < -0.39 is 0 Å². The van der Waals surface area contributed by atoms with Gasteiger partial charge in [0.15, 0.2) is 0 Å². The van der Waals surface area contributed by atoms with Gasteiger partial charge in [0.1, 0.15) is 11.4 Å². The third-order valence-electron chi connectivity index (χ3n) is 2.02. The van der Waals surface area contributed by atoms with E-state index in [2.05, 4.69) is 15.3 Å². The van der Waals surface area contributed by atoms with Crippen LogP contribution in [0.4, 0.5) is 6.01 Å². The van der Waals surface area contributed by atoms with Gasteiger partial charge in [-0.05, 0) is 26.0 Å². The molecule has 0 aliphatic carbocycles. The molecular formula is C11H10ClN3O2. The van der Waals surface area contributed by atoms with Crippen molar-refractivity contribution in [3.63, 3.8) is 0 Å². The summed E-state index contributed by atoms with van der Waals surface area (Å²) in [6, 6.07) is 3.29. The van der Waals surface area contributed by atoms with Crippen LogP contribution in [0.3, 0.4) is 0 Å². The lowest BCUT2D eigenvalue weighted by molar-refractivity contribution is 0.102. The minimum atomic E-state index is -0.334. The molecule has 0 aliphatic rings. The zero-order valence-corrected chi connectivity index (χ0v) is 10.1. The average Bonchev–Trinajstić information content (AvgIpc) is 2.62. The second-order valence-electron chi connectivity index (χ2n) is 3.57. The number of nitrogens with one attached hydrogen (secondary N) is 1. The number of amides is 1. The molecular weight excluding hydrogens is 242 g/mol. The Bertz CT molecular complexity index is 545. The molecule has 1 amide bonds. The number of hydrogen-bond acceptors (Lipinski definition) is 4. The highest BCUT2D eigenvalue weighted by Gasteiger charge is 2.11. The zero-order chi connectivity index (χ0) is 12.4. The largest absolute Gasteiger partial charge is 0.432 e. The van der Waals surface area contributed by atoms with Crippen molar-refractivity contribution >= 4 is 23.5 Å². The molecule has 0 saturated carbocycles. The van der Waals surface area contributed by atoms with Gasteiger partial charge in [-0.25, -0.2) is 4.98 Å². The minimum absolute atomic E-state index is 0.165. The van der Waals surface area contributed by atoms with Crippen LogP contribution < -0.4 is 5.32 Å². The number of aryl methyl sites for hydroxylation is 2. The van der Waals surface area contributed by atoms with Gasteiger partial charge in [-0.15, -0.1) is 0 Å². The average molecular weight is 252 g/mol. The second-order valence-corrected chi connectivity index (χ2v) is 3.96. The first-order chi connectivity index (χ1) is 8.04. The summed E-state index contributed by atoms with van der Waals surface area (Å²) in [7, 11) is 0. The van der Waals surface area contributed by atoms with Crippen molar-refractivity contribution in [3.05, 3.63) is 40.5 Å². The van der Waals surface area contributed by atoms with Crippen molar-refractivity contribution in [1.29, 1.82) is 0 Å². The summed E-state index contributed by atoms with van der Waals surface area (Å²) in [5.41, 5.74) is 1.79. The van der Waals surface area contributed by atoms with E-state index in [4.69, 9.17) is 16.0 Å². The Hall–Kier alpha value is -1.88. The van der Waals surface area contributed by atoms with E-state index in [0.29, 0.717) is 17.0 Å². The van der Waals surface area contributed by atoms with Gasteiger partial charge < -0.3 is 4.42 Å². The van der Waals surface area contributed by atoms with Crippen LogP contribution >= 0.6 is 11.6 Å². The molecule has 0 aliphatic heterocycles. The first-order valence-electron chi connectivity index (χ1n) is 4.92. The van der Waals surface area contributed by atoms with Crippen LogP contribution in [0, 0.1) is 13.8 Å². The summed E-state index contributed by atoms with van der Waals surface area (Å²) in [5, 5.41) is 2.81. The van der Waals surface area contributed by atoms with Crippen LogP contribution in [0.5, 0.6) is 0 Å². The van der Waals surface area contributed by atoms with Crippen molar-refractivity contribution in [2.75, 3.05) is 5.32 Å². The van der Waals surface area contributed by atoms with Crippen molar-refractivity contribution in [1.82, 2.24) is 9.97 Å². The third-order valence-corrected chi connectivity index (χ3v) is 2.22. The normalized spacial score (nSPS) is 10.3. The number of anilines is 1. The molecule has 5 nitrogen and oxygen atoms in total. The second kappa shape index (κ2) is 4.55. The molecule has 17 heavy (non-hydrogen) atoms. The van der Waals surface area contributed by atoms with Crippen molar-refractivity contribution < 1.29 is 9.21 Å². The Labute approximate surface area is 103 Å². The molecule has 2 aromatic rings. The number of nitrogens with zero attached hydrogens (tertiary/aromatic N) is 2. The van der Waals surface area contributed by atoms with E-state index in [1.54, 1.807) is 19.9 Å². The van der Waals surface area contributed by atoms with E-state index in [0.717, 1.165) is 0 Å². The summed E-state index contributed by atoms with van der Waals surface area (Å²) in [4.78, 5) is 19.8. The number of oxazole rings is 1. The number of pyridine rings is 1. The topological polar surface area (TPSA) is 68.0 Å². The van der Waals surface area contributed by atoms with Crippen LogP contribution in [-0.4, -0.2) is 15.9 Å². The molecule has 88 valence electrons. The maximum atomic E-state index is 11.8. The summed E-state index contributed by atoms with van der Waals surface area (Å²) < 4.78 is 5.03. The number of halogens is 1. The van der Waals surface area contributed by atoms with Crippen LogP contribution in [0.15, 0.2) is 22.8 Å². The predicted molar refractivity (Wildman–Crippen MR) is 63.2 cm³/mol. The fourth-order valence-corrected chi connectivity index (χ4v) is 1.59. The molecule has 0 spiro atoms. The molecule has 2 heterocycles. The first-order valence-corrected chi connectivity index (χ1v) is 5.30. The molecule has 2 aromatic heterocycles. The maximum absolute atomic E-state index is 11.8. The van der Waals surface area contributed by atoms with Gasteiger partial charge in [0.2, 0.25) is 0 Å². The lowest BCUT2D eigenvalue weighted by Gasteiger charge is -2.02. The van der Waals surface area contributed by atoms with E-state index in [9.17, 15) is 4.79 Å². The number of carbonyl (C=O) groups is 1. The fourth-order valence-electron chi connectivity index (χ4n) is 1.34. The zero-order valence-electron chi connectivity index (χ0n) is 9.32. The summed E-state index contributed by atoms with van der Waals surface area (Å²) in [6.45, 7) is 3.53. The predicted octanol–water partition coefficient (Wildman–Crippen LogP) is 2.59. The third kappa shape index (κ3) is 2.82. The monoisotopic (exact) mass is 251 g/mol. The van der Waals surface area contributed by atoms with E-state index in [1.807, 2.05) is 0 Å². The van der Waals surface area contributed by atoms with Gasteiger partial charge >= 0.3 is 6.01 Å². The van der Waals surface area contributed by atoms with Crippen LogP contribution in [0.25, 0.3) is 0 Å². The fraction of sp³-hybridized carbons (Fsp3) is 0.182. The minimum Gasteiger partial charge on any atom is -0.432 e. The Morgan fingerprint density at radius 3 is 2.65 bits per heavy atom. The molecule has 1 N–H and O–H groups in total. The van der Waals surface area contributed by atoms with Gasteiger partial charge in [0, 0.05) is 11.3 Å². The van der Waals surface area contributed by atoms with Crippen molar-refractivity contribution in [2.24, 2.45) is 0 Å². The quantitative estimate of drug-likeness (QED) is 0.833. The maximum Gasteiger partial charge on any atom is 0.301 e. The Balaban J connectivity index is 2.19. The summed E-state index contributed by atoms with van der Waals surface area (Å²) >= 11 is 5.77. The number of hydrogen-bond donors (Lipinski definition) is 1. The highest BCUT2D eigenvalue weighted by atomic mass is 35.5. The Morgan fingerprint density at radius 2 is 2.06 bits per heavy atom. The number of carbonyl (C=O) groups excluding carboxylic acids is 1. The SMILES string of the molecule is Cc1cc(C(=O)Nc2nc(C)co2)cc(Cl)n1. The van der Waals surface area contributed by atoms with Gasteiger partial charge in [-0.2, -0.15) is 4.98 Å². The standard InChI is InChI=1S/C11H10ClN3O2/c1-6-3-8(4-9(12)13-6)10(16)15-11-14-7(2)5-17-11/h3-5H,1-2H3,(H,14,15,16). The molecule has 0 aromatic carbocycles. The number of aromatic nitrogens is 2. The molecule has 0 radical (unpaired) electrons. The van der Waals surface area contributed by atoms with E-state index >= 15 is 0 Å². The Kier molecular flexibility index (Phi) is 3.10. The van der Waals surface area contributed by atoms with Gasteiger partial charge in [0.05, 0.1) is 5.69 Å². The molecule has 2 rings (SSSR count).